The largest absolute Gasteiger partial charge is 0.205 e. The van der Waals surface area contributed by atoms with Gasteiger partial charge < -0.3 is 0 Å². The van der Waals surface area contributed by atoms with E-state index in [1.54, 1.807) is 0 Å². The Morgan fingerprint density at radius 3 is 1.97 bits per heavy atom. The first-order valence-corrected chi connectivity index (χ1v) is 11.4. The molecule has 0 spiro atoms. The maximum absolute atomic E-state index is 2.40. The number of nitrogens with zero attached hydrogens (tertiary/aromatic N) is 1. The lowest BCUT2D eigenvalue weighted by Gasteiger charge is -2.31. The van der Waals surface area contributed by atoms with Gasteiger partial charge in [-0.1, -0.05) is 90.6 Å². The molecule has 4 aromatic carbocycles. The Balaban J connectivity index is 1.57. The van der Waals surface area contributed by atoms with Gasteiger partial charge in [0.25, 0.3) is 0 Å². The Hall–Kier alpha value is -3.10. The number of hydrogen-bond acceptors (Lipinski definition) is 1. The van der Waals surface area contributed by atoms with Crippen LogP contribution in [0.3, 0.4) is 0 Å². The summed E-state index contributed by atoms with van der Waals surface area (Å²) in [6.45, 7) is 2.40. The van der Waals surface area contributed by atoms with Crippen molar-refractivity contribution < 1.29 is 4.58 Å². The summed E-state index contributed by atoms with van der Waals surface area (Å²) in [5.41, 5.74) is 9.35. The average molecular weight is 405 g/mol. The van der Waals surface area contributed by atoms with Crippen LogP contribution in [0.1, 0.15) is 29.2 Å². The van der Waals surface area contributed by atoms with Crippen molar-refractivity contribution >= 4 is 23.7 Å². The summed E-state index contributed by atoms with van der Waals surface area (Å²) >= 11 is 1.95. The molecule has 2 aliphatic rings. The third kappa shape index (κ3) is 2.47. The minimum absolute atomic E-state index is 0.145. The van der Waals surface area contributed by atoms with Gasteiger partial charge in [-0.15, -0.1) is 0 Å². The van der Waals surface area contributed by atoms with E-state index in [2.05, 4.69) is 115 Å². The summed E-state index contributed by atoms with van der Waals surface area (Å²) in [7, 11) is 0. The molecule has 1 nitrogen and oxygen atoms in total. The van der Waals surface area contributed by atoms with Crippen molar-refractivity contribution in [3.05, 3.63) is 119 Å². The number of benzene rings is 4. The van der Waals surface area contributed by atoms with Crippen LogP contribution in [0.25, 0.3) is 11.1 Å². The Morgan fingerprint density at radius 2 is 1.27 bits per heavy atom. The quantitative estimate of drug-likeness (QED) is 0.330. The van der Waals surface area contributed by atoms with Gasteiger partial charge in [-0.2, -0.15) is 4.58 Å². The second-order valence-corrected chi connectivity index (χ2v) is 9.10. The molecular weight excluding hydrogens is 382 g/mol. The molecule has 0 saturated heterocycles. The average Bonchev–Trinajstić information content (AvgIpc) is 3.09. The van der Waals surface area contributed by atoms with Gasteiger partial charge in [0, 0.05) is 22.4 Å². The normalized spacial score (nSPS) is 15.7. The van der Waals surface area contributed by atoms with Crippen LogP contribution in [0.2, 0.25) is 0 Å². The van der Waals surface area contributed by atoms with Crippen molar-refractivity contribution in [1.82, 2.24) is 0 Å². The maximum Gasteiger partial charge on any atom is 0.205 e. The summed E-state index contributed by atoms with van der Waals surface area (Å²) < 4.78 is 2.34. The second-order valence-electron chi connectivity index (χ2n) is 8.15. The van der Waals surface area contributed by atoms with Gasteiger partial charge >= 0.3 is 0 Å². The predicted molar refractivity (Wildman–Crippen MR) is 126 cm³/mol. The van der Waals surface area contributed by atoms with Crippen molar-refractivity contribution in [2.75, 3.05) is 5.88 Å². The van der Waals surface area contributed by atoms with Crippen LogP contribution in [0.15, 0.2) is 102 Å². The third-order valence-corrected chi connectivity index (χ3v) is 7.69. The fourth-order valence-corrected chi connectivity index (χ4v) is 6.27. The molecule has 0 aromatic heterocycles. The summed E-state index contributed by atoms with van der Waals surface area (Å²) in [6.07, 6.45) is 2.31. The van der Waals surface area contributed by atoms with E-state index in [4.69, 9.17) is 0 Å². The molecule has 0 atom stereocenters. The molecule has 4 aromatic rings. The fraction of sp³-hybridized carbons (Fsp3) is 0.107. The van der Waals surface area contributed by atoms with E-state index in [-0.39, 0.29) is 5.41 Å². The minimum Gasteiger partial charge on any atom is -0.188 e. The van der Waals surface area contributed by atoms with Crippen LogP contribution < -0.4 is 0 Å². The molecule has 1 aliphatic heterocycles. The SMILES string of the molecule is CC1(c2cccc3c2SC[N+](c2ccccc2)=C3)c2ccccc2-c2ccccc21. The third-order valence-electron chi connectivity index (χ3n) is 6.54. The topological polar surface area (TPSA) is 3.01 Å². The van der Waals surface area contributed by atoms with Gasteiger partial charge in [0.15, 0.2) is 12.1 Å². The Kier molecular flexibility index (Phi) is 3.97. The summed E-state index contributed by atoms with van der Waals surface area (Å²) in [5, 5.41) is 0. The number of fused-ring (bicyclic) bond motifs is 4. The van der Waals surface area contributed by atoms with Gasteiger partial charge in [0.2, 0.25) is 5.69 Å². The number of hydrogen-bond donors (Lipinski definition) is 0. The van der Waals surface area contributed by atoms with Crippen LogP contribution in [0.4, 0.5) is 5.69 Å². The highest BCUT2D eigenvalue weighted by Crippen LogP contribution is 2.54. The Morgan fingerprint density at radius 1 is 0.667 bits per heavy atom. The number of thioether (sulfide) groups is 1. The molecule has 0 N–H and O–H groups in total. The highest BCUT2D eigenvalue weighted by molar-refractivity contribution is 7.99. The van der Waals surface area contributed by atoms with Crippen LogP contribution in [-0.2, 0) is 5.41 Å². The first kappa shape index (κ1) is 17.7. The van der Waals surface area contributed by atoms with Crippen LogP contribution in [-0.4, -0.2) is 16.7 Å². The van der Waals surface area contributed by atoms with E-state index in [1.165, 1.54) is 44.0 Å². The van der Waals surface area contributed by atoms with Gasteiger partial charge in [0.1, 0.15) is 0 Å². The molecule has 0 bridgehead atoms. The van der Waals surface area contributed by atoms with E-state index in [9.17, 15) is 0 Å². The van der Waals surface area contributed by atoms with Crippen molar-refractivity contribution in [3.8, 4) is 11.1 Å². The molecule has 0 saturated carbocycles. The predicted octanol–water partition coefficient (Wildman–Crippen LogP) is 6.85. The molecule has 0 amide bonds. The number of rotatable bonds is 2. The zero-order chi connectivity index (χ0) is 20.1. The van der Waals surface area contributed by atoms with Crippen LogP contribution >= 0.6 is 11.8 Å². The molecule has 0 unspecified atom stereocenters. The number of para-hydroxylation sites is 1. The molecular formula is C28H22NS+. The minimum atomic E-state index is -0.145. The zero-order valence-corrected chi connectivity index (χ0v) is 17.7. The van der Waals surface area contributed by atoms with E-state index in [0.717, 1.165) is 5.88 Å². The highest BCUT2D eigenvalue weighted by atomic mass is 32.2. The zero-order valence-electron chi connectivity index (χ0n) is 16.9. The van der Waals surface area contributed by atoms with Crippen LogP contribution in [0.5, 0.6) is 0 Å². The Labute approximate surface area is 181 Å². The smallest absolute Gasteiger partial charge is 0.188 e. The molecule has 144 valence electrons. The summed E-state index contributed by atoms with van der Waals surface area (Å²) in [5.74, 6) is 0.924. The molecule has 1 aliphatic carbocycles. The first-order valence-electron chi connectivity index (χ1n) is 10.4. The fourth-order valence-electron chi connectivity index (χ4n) is 5.06. The van der Waals surface area contributed by atoms with Gasteiger partial charge in [0.05, 0.1) is 5.56 Å². The van der Waals surface area contributed by atoms with Crippen molar-refractivity contribution in [1.29, 1.82) is 0 Å². The monoisotopic (exact) mass is 404 g/mol. The molecule has 1 heterocycles. The van der Waals surface area contributed by atoms with Gasteiger partial charge in [-0.25, -0.2) is 0 Å². The molecule has 6 rings (SSSR count). The van der Waals surface area contributed by atoms with E-state index in [1.807, 2.05) is 11.8 Å². The first-order chi connectivity index (χ1) is 14.8. The van der Waals surface area contributed by atoms with E-state index < -0.39 is 0 Å². The lowest BCUT2D eigenvalue weighted by molar-refractivity contribution is -0.411. The molecule has 0 fully saturated rings. The van der Waals surface area contributed by atoms with Crippen molar-refractivity contribution in [2.45, 2.75) is 17.2 Å². The summed E-state index contributed by atoms with van der Waals surface area (Å²) in [6, 6.07) is 35.2. The Bertz CT molecular complexity index is 1260. The van der Waals surface area contributed by atoms with Crippen molar-refractivity contribution in [3.63, 3.8) is 0 Å². The van der Waals surface area contributed by atoms with E-state index in [0.29, 0.717) is 0 Å². The lowest BCUT2D eigenvalue weighted by Crippen LogP contribution is -2.25. The van der Waals surface area contributed by atoms with Crippen molar-refractivity contribution in [2.24, 2.45) is 0 Å². The standard InChI is InChI=1S/C28H22NS/c1-28(24-15-7-5-13-22(24)23-14-6-8-16-25(23)28)26-17-9-10-20-18-29(19-30-27(20)26)21-11-3-2-4-12-21/h2-18H,19H2,1H3/q+1. The summed E-state index contributed by atoms with van der Waals surface area (Å²) in [4.78, 5) is 1.40. The maximum atomic E-state index is 2.40. The highest BCUT2D eigenvalue weighted by Gasteiger charge is 2.42. The lowest BCUT2D eigenvalue weighted by atomic mass is 9.74. The van der Waals surface area contributed by atoms with Gasteiger partial charge in [-0.05, 0) is 40.8 Å². The molecule has 0 radical (unpaired) electrons. The van der Waals surface area contributed by atoms with Gasteiger partial charge in [-0.3, -0.25) is 0 Å². The molecule has 30 heavy (non-hydrogen) atoms. The van der Waals surface area contributed by atoms with E-state index >= 15 is 0 Å². The second kappa shape index (κ2) is 6.72. The van der Waals surface area contributed by atoms with Crippen LogP contribution in [0, 0.1) is 0 Å². The molecule has 2 heteroatoms.